The Morgan fingerprint density at radius 1 is 0.760 bits per heavy atom. The van der Waals surface area contributed by atoms with E-state index in [4.69, 9.17) is 4.74 Å². The van der Waals surface area contributed by atoms with Crippen molar-refractivity contribution in [3.8, 4) is 0 Å². The summed E-state index contributed by atoms with van der Waals surface area (Å²) in [4.78, 5) is 12.5. The normalized spacial score (nSPS) is 11.1. The molecule has 3 nitrogen and oxygen atoms in total. The monoisotopic (exact) mass is 443 g/mol. The van der Waals surface area contributed by atoms with Gasteiger partial charge in [-0.3, -0.25) is 4.79 Å². The predicted octanol–water partition coefficient (Wildman–Crippen LogP) is 4.46. The van der Waals surface area contributed by atoms with Crippen molar-refractivity contribution in [3.05, 3.63) is 108 Å². The molecule has 0 aliphatic rings. The van der Waals surface area contributed by atoms with E-state index >= 15 is 0 Å². The van der Waals surface area contributed by atoms with Crippen LogP contribution in [0.2, 0.25) is 0 Å². The Morgan fingerprint density at radius 2 is 1.12 bits per heavy atom. The number of esters is 1. The van der Waals surface area contributed by atoms with E-state index < -0.39 is 5.60 Å². The lowest BCUT2D eigenvalue weighted by molar-refractivity contribution is -0.151. The molecule has 0 radical (unpaired) electrons. The first-order chi connectivity index (χ1) is 12.3. The summed E-state index contributed by atoms with van der Waals surface area (Å²) in [6.45, 7) is 0.134. The number of hydrogen-bond donors (Lipinski definition) is 1. The van der Waals surface area contributed by atoms with E-state index in [1.54, 1.807) is 0 Å². The molecule has 3 aromatic rings. The van der Waals surface area contributed by atoms with Gasteiger partial charge in [-0.15, -0.1) is 0 Å². The van der Waals surface area contributed by atoms with Crippen molar-refractivity contribution < 1.29 is 9.53 Å². The molecular weight excluding hydrogens is 425 g/mol. The van der Waals surface area contributed by atoms with Gasteiger partial charge in [0.05, 0.1) is 0 Å². The predicted molar refractivity (Wildman–Crippen MR) is 107 cm³/mol. The van der Waals surface area contributed by atoms with E-state index in [9.17, 15) is 4.79 Å². The molecule has 0 fully saturated rings. The molecule has 0 bridgehead atoms. The SMILES string of the molecule is O=C(CNI)OC(c1ccccc1)(c1ccccc1)c1ccccc1. The minimum Gasteiger partial charge on any atom is -0.443 e. The van der Waals surface area contributed by atoms with Crippen LogP contribution in [-0.4, -0.2) is 12.5 Å². The second kappa shape index (κ2) is 8.27. The number of carbonyl (C=O) groups is 1. The molecule has 0 saturated carbocycles. The zero-order valence-electron chi connectivity index (χ0n) is 13.6. The highest BCUT2D eigenvalue weighted by Crippen LogP contribution is 2.40. The van der Waals surface area contributed by atoms with Crippen molar-refractivity contribution in [2.45, 2.75) is 5.60 Å². The summed E-state index contributed by atoms with van der Waals surface area (Å²) >= 11 is 1.95. The Kier molecular flexibility index (Phi) is 5.83. The van der Waals surface area contributed by atoms with Gasteiger partial charge in [-0.25, -0.2) is 3.53 Å². The van der Waals surface area contributed by atoms with E-state index in [2.05, 4.69) is 3.53 Å². The number of hydrogen-bond acceptors (Lipinski definition) is 3. The Bertz CT molecular complexity index is 710. The van der Waals surface area contributed by atoms with Gasteiger partial charge in [-0.1, -0.05) is 91.0 Å². The number of benzene rings is 3. The summed E-state index contributed by atoms with van der Waals surface area (Å²) in [6, 6.07) is 29.6. The topological polar surface area (TPSA) is 38.3 Å². The van der Waals surface area contributed by atoms with Gasteiger partial charge in [0, 0.05) is 39.6 Å². The highest BCUT2D eigenvalue weighted by molar-refractivity contribution is 14.1. The average Bonchev–Trinajstić information content (AvgIpc) is 2.68. The summed E-state index contributed by atoms with van der Waals surface area (Å²) < 4.78 is 8.97. The Labute approximate surface area is 161 Å². The minimum atomic E-state index is -0.992. The van der Waals surface area contributed by atoms with Gasteiger partial charge in [-0.2, -0.15) is 0 Å². The first-order valence-electron chi connectivity index (χ1n) is 7.99. The molecule has 0 unspecified atom stereocenters. The lowest BCUT2D eigenvalue weighted by Gasteiger charge is -2.35. The molecule has 1 N–H and O–H groups in total. The molecule has 3 aromatic carbocycles. The van der Waals surface area contributed by atoms with Crippen LogP contribution in [-0.2, 0) is 15.1 Å². The quantitative estimate of drug-likeness (QED) is 0.265. The summed E-state index contributed by atoms with van der Waals surface area (Å²) in [5.41, 5.74) is 1.74. The third kappa shape index (κ3) is 3.75. The smallest absolute Gasteiger partial charge is 0.322 e. The van der Waals surface area contributed by atoms with Crippen LogP contribution in [0.25, 0.3) is 0 Å². The highest BCUT2D eigenvalue weighted by atomic mass is 127. The molecule has 0 aliphatic heterocycles. The average molecular weight is 443 g/mol. The third-order valence-corrected chi connectivity index (χ3v) is 4.40. The summed E-state index contributed by atoms with van der Waals surface area (Å²) in [5.74, 6) is -0.314. The Balaban J connectivity index is 2.26. The van der Waals surface area contributed by atoms with Crippen LogP contribution in [0, 0.1) is 0 Å². The number of rotatable bonds is 6. The van der Waals surface area contributed by atoms with Crippen LogP contribution in [0.3, 0.4) is 0 Å². The summed E-state index contributed by atoms with van der Waals surface area (Å²) in [6.07, 6.45) is 0. The van der Waals surface area contributed by atoms with Crippen molar-refractivity contribution in [3.63, 3.8) is 0 Å². The maximum absolute atomic E-state index is 12.5. The van der Waals surface area contributed by atoms with Crippen LogP contribution >= 0.6 is 22.9 Å². The van der Waals surface area contributed by atoms with Crippen LogP contribution in [0.1, 0.15) is 16.7 Å². The van der Waals surface area contributed by atoms with Crippen molar-refractivity contribution in [1.82, 2.24) is 3.53 Å². The molecule has 0 spiro atoms. The van der Waals surface area contributed by atoms with Crippen molar-refractivity contribution in [2.75, 3.05) is 6.54 Å². The second-order valence-corrected chi connectivity index (χ2v) is 6.33. The van der Waals surface area contributed by atoms with E-state index in [-0.39, 0.29) is 12.5 Å². The van der Waals surface area contributed by atoms with Crippen LogP contribution in [0.4, 0.5) is 0 Å². The number of carbonyl (C=O) groups excluding carboxylic acids is 1. The van der Waals surface area contributed by atoms with Gasteiger partial charge in [-0.05, 0) is 0 Å². The van der Waals surface area contributed by atoms with Gasteiger partial charge in [0.15, 0.2) is 5.60 Å². The fourth-order valence-electron chi connectivity index (χ4n) is 2.96. The second-order valence-electron chi connectivity index (χ2n) is 5.56. The first-order valence-corrected chi connectivity index (χ1v) is 9.07. The lowest BCUT2D eigenvalue weighted by Crippen LogP contribution is -2.37. The first kappa shape index (κ1) is 17.6. The molecular formula is C21H18INO2. The molecule has 0 heterocycles. The third-order valence-electron chi connectivity index (χ3n) is 4.02. The van der Waals surface area contributed by atoms with E-state index in [0.29, 0.717) is 0 Å². The molecule has 126 valence electrons. The summed E-state index contributed by atoms with van der Waals surface area (Å²) in [7, 11) is 0. The lowest BCUT2D eigenvalue weighted by atomic mass is 9.80. The molecule has 0 amide bonds. The zero-order valence-corrected chi connectivity index (χ0v) is 15.7. The van der Waals surface area contributed by atoms with Gasteiger partial charge in [0.1, 0.15) is 6.54 Å². The largest absolute Gasteiger partial charge is 0.443 e. The standard InChI is InChI=1S/C21H18INO2/c22-23-16-20(24)25-21(17-10-4-1-5-11-17,18-12-6-2-7-13-18)19-14-8-3-9-15-19/h1-15,23H,16H2. The molecule has 0 saturated heterocycles. The molecule has 3 rings (SSSR count). The number of ether oxygens (including phenoxy) is 1. The minimum absolute atomic E-state index is 0.134. The highest BCUT2D eigenvalue weighted by Gasteiger charge is 2.40. The van der Waals surface area contributed by atoms with Crippen molar-refractivity contribution in [2.24, 2.45) is 0 Å². The van der Waals surface area contributed by atoms with Gasteiger partial charge in [0.2, 0.25) is 0 Å². The van der Waals surface area contributed by atoms with Gasteiger partial charge in [0.25, 0.3) is 0 Å². The maximum Gasteiger partial charge on any atom is 0.322 e. The molecule has 0 aliphatic carbocycles. The molecule has 0 atom stereocenters. The van der Waals surface area contributed by atoms with E-state index in [1.807, 2.05) is 114 Å². The van der Waals surface area contributed by atoms with Crippen LogP contribution < -0.4 is 3.53 Å². The van der Waals surface area contributed by atoms with Crippen molar-refractivity contribution >= 4 is 28.8 Å². The van der Waals surface area contributed by atoms with Crippen molar-refractivity contribution in [1.29, 1.82) is 0 Å². The number of halogens is 1. The fourth-order valence-corrected chi connectivity index (χ4v) is 3.27. The fraction of sp³-hybridized carbons (Fsp3) is 0.0952. The molecule has 4 heteroatoms. The Morgan fingerprint density at radius 3 is 1.44 bits per heavy atom. The molecule has 0 aromatic heterocycles. The maximum atomic E-state index is 12.5. The number of nitrogens with one attached hydrogen (secondary N) is 1. The summed E-state index contributed by atoms with van der Waals surface area (Å²) in [5, 5.41) is 0. The van der Waals surface area contributed by atoms with Gasteiger partial charge >= 0.3 is 5.97 Å². The van der Waals surface area contributed by atoms with E-state index in [0.717, 1.165) is 16.7 Å². The van der Waals surface area contributed by atoms with Gasteiger partial charge < -0.3 is 4.74 Å². The zero-order chi connectivity index (χ0) is 17.5. The Hall–Kier alpha value is -2.18. The van der Waals surface area contributed by atoms with Crippen LogP contribution in [0.5, 0.6) is 0 Å². The van der Waals surface area contributed by atoms with Crippen LogP contribution in [0.15, 0.2) is 91.0 Å². The molecule has 25 heavy (non-hydrogen) atoms. The van der Waals surface area contributed by atoms with E-state index in [1.165, 1.54) is 0 Å².